The minimum atomic E-state index is -0.849. The van der Waals surface area contributed by atoms with Crippen molar-refractivity contribution in [3.05, 3.63) is 60.2 Å². The van der Waals surface area contributed by atoms with Crippen LogP contribution in [-0.2, 0) is 9.53 Å². The summed E-state index contributed by atoms with van der Waals surface area (Å²) in [6, 6.07) is 15.0. The SMILES string of the molecule is COC(=O)[C@@H](CS)N(C(=O)c1ccccc1OC)c1ccccc1. The van der Waals surface area contributed by atoms with Gasteiger partial charge in [-0.25, -0.2) is 4.79 Å². The second-order valence-corrected chi connectivity index (χ2v) is 5.30. The topological polar surface area (TPSA) is 55.8 Å². The van der Waals surface area contributed by atoms with Crippen molar-refractivity contribution >= 4 is 30.2 Å². The minimum absolute atomic E-state index is 0.127. The van der Waals surface area contributed by atoms with E-state index in [1.165, 1.54) is 19.1 Å². The number of rotatable bonds is 6. The van der Waals surface area contributed by atoms with Gasteiger partial charge >= 0.3 is 5.97 Å². The molecule has 0 saturated heterocycles. The highest BCUT2D eigenvalue weighted by Gasteiger charge is 2.32. The number of thiol groups is 1. The Bertz CT molecular complexity index is 705. The van der Waals surface area contributed by atoms with Crippen molar-refractivity contribution in [2.24, 2.45) is 0 Å². The van der Waals surface area contributed by atoms with Crippen LogP contribution in [0, 0.1) is 0 Å². The summed E-state index contributed by atoms with van der Waals surface area (Å²) in [5, 5.41) is 0. The number of ether oxygens (including phenoxy) is 2. The Hall–Kier alpha value is -2.47. The number of hydrogen-bond donors (Lipinski definition) is 1. The molecule has 126 valence electrons. The molecule has 1 atom stereocenters. The summed E-state index contributed by atoms with van der Waals surface area (Å²) in [5.74, 6) is -0.325. The van der Waals surface area contributed by atoms with Crippen molar-refractivity contribution in [1.29, 1.82) is 0 Å². The molecule has 0 spiro atoms. The number of hydrogen-bond acceptors (Lipinski definition) is 5. The van der Waals surface area contributed by atoms with E-state index in [9.17, 15) is 9.59 Å². The van der Waals surface area contributed by atoms with Crippen LogP contribution >= 0.6 is 12.6 Å². The summed E-state index contributed by atoms with van der Waals surface area (Å²) in [6.07, 6.45) is 0. The highest BCUT2D eigenvalue weighted by Crippen LogP contribution is 2.25. The molecule has 24 heavy (non-hydrogen) atoms. The van der Waals surface area contributed by atoms with Crippen molar-refractivity contribution in [3.63, 3.8) is 0 Å². The number of carbonyl (C=O) groups excluding carboxylic acids is 2. The second kappa shape index (κ2) is 8.40. The van der Waals surface area contributed by atoms with Crippen LogP contribution in [0.25, 0.3) is 0 Å². The van der Waals surface area contributed by atoms with Crippen LogP contribution < -0.4 is 9.64 Å². The van der Waals surface area contributed by atoms with E-state index in [1.807, 2.05) is 6.07 Å². The molecule has 0 aliphatic carbocycles. The van der Waals surface area contributed by atoms with Gasteiger partial charge in [-0.3, -0.25) is 9.69 Å². The van der Waals surface area contributed by atoms with E-state index in [2.05, 4.69) is 12.6 Å². The summed E-state index contributed by atoms with van der Waals surface area (Å²) in [7, 11) is 2.78. The van der Waals surface area contributed by atoms with E-state index in [4.69, 9.17) is 9.47 Å². The molecule has 0 radical (unpaired) electrons. The fourth-order valence-corrected chi connectivity index (χ4v) is 2.69. The van der Waals surface area contributed by atoms with Crippen LogP contribution in [0.1, 0.15) is 10.4 Å². The molecular formula is C18H19NO4S. The third-order valence-electron chi connectivity index (χ3n) is 3.55. The van der Waals surface area contributed by atoms with Gasteiger partial charge in [0.05, 0.1) is 19.8 Å². The molecule has 0 bridgehead atoms. The van der Waals surface area contributed by atoms with Crippen LogP contribution in [0.2, 0.25) is 0 Å². The number of carbonyl (C=O) groups is 2. The highest BCUT2D eigenvalue weighted by molar-refractivity contribution is 7.80. The average molecular weight is 345 g/mol. The van der Waals surface area contributed by atoms with Gasteiger partial charge < -0.3 is 9.47 Å². The van der Waals surface area contributed by atoms with Gasteiger partial charge in [-0.2, -0.15) is 12.6 Å². The first kappa shape index (κ1) is 17.9. The molecule has 2 aromatic carbocycles. The molecule has 1 amide bonds. The fraction of sp³-hybridized carbons (Fsp3) is 0.222. The number of amides is 1. The molecule has 0 unspecified atom stereocenters. The van der Waals surface area contributed by atoms with Crippen molar-refractivity contribution in [1.82, 2.24) is 0 Å². The summed E-state index contributed by atoms with van der Waals surface area (Å²) in [5.41, 5.74) is 0.942. The smallest absolute Gasteiger partial charge is 0.329 e. The number of nitrogens with zero attached hydrogens (tertiary/aromatic N) is 1. The standard InChI is InChI=1S/C18H19NO4S/c1-22-16-11-7-6-10-14(16)17(20)19(13-8-4-3-5-9-13)15(12-24)18(21)23-2/h3-11,15,24H,12H2,1-2H3/t15-/m1/s1. The number of benzene rings is 2. The zero-order valence-corrected chi connectivity index (χ0v) is 14.4. The van der Waals surface area contributed by atoms with Gasteiger partial charge in [0.25, 0.3) is 5.91 Å². The Morgan fingerprint density at radius 1 is 1.04 bits per heavy atom. The predicted molar refractivity (Wildman–Crippen MR) is 95.9 cm³/mol. The number of anilines is 1. The largest absolute Gasteiger partial charge is 0.496 e. The van der Waals surface area contributed by atoms with Crippen molar-refractivity contribution in [2.75, 3.05) is 24.9 Å². The summed E-state index contributed by atoms with van der Waals surface area (Å²) in [4.78, 5) is 26.7. The molecule has 0 saturated carbocycles. The monoisotopic (exact) mass is 345 g/mol. The summed E-state index contributed by atoms with van der Waals surface area (Å²) in [6.45, 7) is 0. The normalized spacial score (nSPS) is 11.5. The first-order valence-corrected chi connectivity index (χ1v) is 7.97. The molecule has 0 aliphatic rings. The van der Waals surface area contributed by atoms with Crippen LogP contribution in [0.4, 0.5) is 5.69 Å². The molecule has 2 rings (SSSR count). The molecule has 0 aromatic heterocycles. The van der Waals surface area contributed by atoms with Gasteiger partial charge in [0.15, 0.2) is 0 Å². The Morgan fingerprint density at radius 3 is 2.25 bits per heavy atom. The predicted octanol–water partition coefficient (Wildman–Crippen LogP) is 2.81. The quantitative estimate of drug-likeness (QED) is 0.646. The number of esters is 1. The first-order chi connectivity index (χ1) is 11.6. The third kappa shape index (κ3) is 3.71. The van der Waals surface area contributed by atoms with E-state index in [-0.39, 0.29) is 11.7 Å². The summed E-state index contributed by atoms with van der Waals surface area (Å²) < 4.78 is 10.1. The Labute approximate surface area is 146 Å². The van der Waals surface area contributed by atoms with E-state index in [0.29, 0.717) is 17.0 Å². The molecule has 2 aromatic rings. The Kier molecular flexibility index (Phi) is 6.26. The lowest BCUT2D eigenvalue weighted by molar-refractivity contribution is -0.141. The maximum atomic E-state index is 13.1. The van der Waals surface area contributed by atoms with Crippen LogP contribution in [0.3, 0.4) is 0 Å². The van der Waals surface area contributed by atoms with Crippen LogP contribution in [0.5, 0.6) is 5.75 Å². The second-order valence-electron chi connectivity index (χ2n) is 4.93. The van der Waals surface area contributed by atoms with Crippen molar-refractivity contribution in [2.45, 2.75) is 6.04 Å². The molecule has 0 fully saturated rings. The molecule has 5 nitrogen and oxygen atoms in total. The molecule has 6 heteroatoms. The van der Waals surface area contributed by atoms with Gasteiger partial charge in [0.2, 0.25) is 0 Å². The van der Waals surface area contributed by atoms with Gasteiger partial charge in [0, 0.05) is 11.4 Å². The zero-order chi connectivity index (χ0) is 17.5. The van der Waals surface area contributed by atoms with Crippen LogP contribution in [-0.4, -0.2) is 37.9 Å². The first-order valence-electron chi connectivity index (χ1n) is 7.34. The minimum Gasteiger partial charge on any atom is -0.496 e. The molecule has 0 heterocycles. The van der Waals surface area contributed by atoms with Gasteiger partial charge in [0.1, 0.15) is 11.8 Å². The van der Waals surface area contributed by atoms with Crippen molar-refractivity contribution in [3.8, 4) is 5.75 Å². The maximum Gasteiger partial charge on any atom is 0.329 e. The van der Waals surface area contributed by atoms with Crippen molar-refractivity contribution < 1.29 is 19.1 Å². The molecular weight excluding hydrogens is 326 g/mol. The highest BCUT2D eigenvalue weighted by atomic mass is 32.1. The lowest BCUT2D eigenvalue weighted by Crippen LogP contribution is -2.47. The molecule has 0 aliphatic heterocycles. The lowest BCUT2D eigenvalue weighted by atomic mass is 10.1. The van der Waals surface area contributed by atoms with Gasteiger partial charge in [-0.15, -0.1) is 0 Å². The van der Waals surface area contributed by atoms with E-state index in [0.717, 1.165) is 0 Å². The summed E-state index contributed by atoms with van der Waals surface area (Å²) >= 11 is 4.23. The zero-order valence-electron chi connectivity index (χ0n) is 13.5. The van der Waals surface area contributed by atoms with E-state index >= 15 is 0 Å². The molecule has 0 N–H and O–H groups in total. The number of methoxy groups -OCH3 is 2. The Morgan fingerprint density at radius 2 is 1.67 bits per heavy atom. The van der Waals surface area contributed by atoms with E-state index in [1.54, 1.807) is 48.5 Å². The Balaban J connectivity index is 2.53. The van der Waals surface area contributed by atoms with Gasteiger partial charge in [-0.05, 0) is 24.3 Å². The maximum absolute atomic E-state index is 13.1. The average Bonchev–Trinajstić information content (AvgIpc) is 2.65. The van der Waals surface area contributed by atoms with Gasteiger partial charge in [-0.1, -0.05) is 30.3 Å². The lowest BCUT2D eigenvalue weighted by Gasteiger charge is -2.29. The fourth-order valence-electron chi connectivity index (χ4n) is 2.38. The van der Waals surface area contributed by atoms with E-state index < -0.39 is 12.0 Å². The number of para-hydroxylation sites is 2. The third-order valence-corrected chi connectivity index (χ3v) is 3.89. The van der Waals surface area contributed by atoms with Crippen LogP contribution in [0.15, 0.2) is 54.6 Å².